The molecule has 2 atom stereocenters. The van der Waals surface area contributed by atoms with Crippen molar-refractivity contribution < 1.29 is 23.0 Å². The minimum Gasteiger partial charge on any atom is -0.480 e. The molecule has 2 N–H and O–H groups in total. The summed E-state index contributed by atoms with van der Waals surface area (Å²) in [5.74, 6) is -1.81. The van der Waals surface area contributed by atoms with E-state index >= 15 is 0 Å². The highest BCUT2D eigenvalue weighted by atomic mass is 35.5. The van der Waals surface area contributed by atoms with Crippen molar-refractivity contribution in [2.24, 2.45) is 0 Å². The zero-order valence-corrected chi connectivity index (χ0v) is 28.2. The number of aromatic nitrogens is 4. The number of methoxy groups -OCH3 is 2. The van der Waals surface area contributed by atoms with Crippen LogP contribution in [0.15, 0.2) is 48.8 Å². The first kappa shape index (κ1) is 34.0. The zero-order chi connectivity index (χ0) is 33.8. The molecule has 1 aliphatic carbocycles. The predicted octanol–water partition coefficient (Wildman–Crippen LogP) is 7.47. The van der Waals surface area contributed by atoms with Gasteiger partial charge in [-0.3, -0.25) is 14.8 Å². The van der Waals surface area contributed by atoms with E-state index in [1.165, 1.54) is 7.11 Å². The van der Waals surface area contributed by atoms with Crippen molar-refractivity contribution in [3.63, 3.8) is 0 Å². The lowest BCUT2D eigenvalue weighted by Crippen LogP contribution is -2.28. The van der Waals surface area contributed by atoms with Crippen LogP contribution in [0.25, 0.3) is 33.6 Å². The maximum atomic E-state index is 13.6. The van der Waals surface area contributed by atoms with Crippen molar-refractivity contribution >= 4 is 29.1 Å². The van der Waals surface area contributed by atoms with Crippen molar-refractivity contribution in [1.29, 1.82) is 0 Å². The number of aryl methyl sites for hydroxylation is 1. The van der Waals surface area contributed by atoms with E-state index in [9.17, 15) is 13.6 Å². The fourth-order valence-electron chi connectivity index (χ4n) is 6.32. The fraction of sp³-hybridized carbons (Fsp3) is 0.400. The fourth-order valence-corrected chi connectivity index (χ4v) is 6.97. The Balaban J connectivity index is 1.21. The minimum atomic E-state index is -2.64. The van der Waals surface area contributed by atoms with Crippen molar-refractivity contribution in [2.75, 3.05) is 14.2 Å². The van der Waals surface area contributed by atoms with E-state index in [2.05, 4.69) is 25.6 Å². The summed E-state index contributed by atoms with van der Waals surface area (Å²) in [5.41, 5.74) is 4.97. The van der Waals surface area contributed by atoms with Gasteiger partial charge in [0.1, 0.15) is 11.4 Å². The topological polar surface area (TPSA) is 111 Å². The summed E-state index contributed by atoms with van der Waals surface area (Å²) in [5, 5.41) is 7.02. The van der Waals surface area contributed by atoms with Crippen molar-refractivity contribution in [1.82, 2.24) is 30.6 Å². The molecule has 1 saturated heterocycles. The number of carbonyl (C=O) groups is 1. The van der Waals surface area contributed by atoms with Gasteiger partial charge in [0.15, 0.2) is 0 Å². The summed E-state index contributed by atoms with van der Waals surface area (Å²) in [4.78, 5) is 30.1. The molecule has 2 aliphatic rings. The third-order valence-corrected chi connectivity index (χ3v) is 9.68. The van der Waals surface area contributed by atoms with Crippen LogP contribution in [0.5, 0.6) is 11.8 Å². The maximum absolute atomic E-state index is 13.6. The SMILES string of the molecule is COc1nc(-c2cccc(-c3cccc(-c4cnc(CNC5CCC(F)(F)C5)c(OC)n4)c3Cl)c2Cl)cnc1CCC[C@@H]1CCC(=O)N1. The quantitative estimate of drug-likeness (QED) is 0.157. The Kier molecular flexibility index (Phi) is 10.4. The number of benzene rings is 2. The highest BCUT2D eigenvalue weighted by Crippen LogP contribution is 2.42. The lowest BCUT2D eigenvalue weighted by molar-refractivity contribution is -0.119. The zero-order valence-electron chi connectivity index (χ0n) is 26.7. The number of amides is 1. The van der Waals surface area contributed by atoms with E-state index in [1.807, 2.05) is 36.4 Å². The van der Waals surface area contributed by atoms with Gasteiger partial charge in [-0.25, -0.2) is 18.7 Å². The second kappa shape index (κ2) is 14.7. The number of ether oxygens (including phenoxy) is 2. The molecule has 2 aromatic heterocycles. The Morgan fingerprint density at radius 3 is 2.02 bits per heavy atom. The Bertz CT molecular complexity index is 1810. The van der Waals surface area contributed by atoms with Gasteiger partial charge in [0.05, 0.1) is 48.0 Å². The van der Waals surface area contributed by atoms with Gasteiger partial charge in [-0.1, -0.05) is 59.6 Å². The van der Waals surface area contributed by atoms with Crippen LogP contribution in [-0.2, 0) is 17.8 Å². The van der Waals surface area contributed by atoms with Crippen molar-refractivity contribution in [3.05, 3.63) is 70.2 Å². The predicted molar refractivity (Wildman–Crippen MR) is 181 cm³/mol. The Morgan fingerprint density at radius 2 is 1.48 bits per heavy atom. The first-order valence-electron chi connectivity index (χ1n) is 15.9. The molecule has 252 valence electrons. The van der Waals surface area contributed by atoms with Gasteiger partial charge in [0.25, 0.3) is 0 Å². The number of rotatable bonds is 12. The second-order valence-electron chi connectivity index (χ2n) is 12.1. The number of carbonyl (C=O) groups excluding carboxylic acids is 1. The number of hydrogen-bond acceptors (Lipinski definition) is 8. The summed E-state index contributed by atoms with van der Waals surface area (Å²) < 4.78 is 38.4. The molecule has 6 rings (SSSR count). The van der Waals surface area contributed by atoms with E-state index < -0.39 is 5.92 Å². The summed E-state index contributed by atoms with van der Waals surface area (Å²) in [7, 11) is 3.06. The number of nitrogens with one attached hydrogen (secondary N) is 2. The van der Waals surface area contributed by atoms with Crippen LogP contribution in [0.1, 0.15) is 56.3 Å². The summed E-state index contributed by atoms with van der Waals surface area (Å²) in [6, 6.07) is 11.1. The van der Waals surface area contributed by atoms with E-state index in [-0.39, 0.29) is 43.3 Å². The number of alkyl halides is 2. The number of hydrogen-bond donors (Lipinski definition) is 2. The normalized spacial score (nSPS) is 18.6. The molecular formula is C35H36Cl2F2N6O3. The van der Waals surface area contributed by atoms with E-state index in [0.29, 0.717) is 74.5 Å². The highest BCUT2D eigenvalue weighted by Gasteiger charge is 2.39. The third-order valence-electron chi connectivity index (χ3n) is 8.86. The van der Waals surface area contributed by atoms with Gasteiger partial charge >= 0.3 is 0 Å². The molecule has 0 spiro atoms. The molecule has 1 unspecified atom stereocenters. The Morgan fingerprint density at radius 1 is 0.896 bits per heavy atom. The molecule has 1 amide bonds. The summed E-state index contributed by atoms with van der Waals surface area (Å²) in [6.45, 7) is 0.252. The first-order chi connectivity index (χ1) is 23.2. The van der Waals surface area contributed by atoms with E-state index in [1.54, 1.807) is 19.5 Å². The number of halogens is 4. The second-order valence-corrected chi connectivity index (χ2v) is 12.9. The molecule has 48 heavy (non-hydrogen) atoms. The van der Waals surface area contributed by atoms with Crippen LogP contribution in [0.3, 0.4) is 0 Å². The van der Waals surface area contributed by atoms with Crippen LogP contribution in [0.4, 0.5) is 8.78 Å². The molecule has 13 heteroatoms. The molecule has 0 bridgehead atoms. The Hall–Kier alpha value is -3.93. The molecular weight excluding hydrogens is 661 g/mol. The van der Waals surface area contributed by atoms with Crippen LogP contribution >= 0.6 is 23.2 Å². The molecule has 0 radical (unpaired) electrons. The van der Waals surface area contributed by atoms with E-state index in [0.717, 1.165) is 25.0 Å². The van der Waals surface area contributed by atoms with Gasteiger partial charge in [0.2, 0.25) is 23.6 Å². The molecule has 9 nitrogen and oxygen atoms in total. The largest absolute Gasteiger partial charge is 0.480 e. The van der Waals surface area contributed by atoms with E-state index in [4.69, 9.17) is 37.7 Å². The maximum Gasteiger partial charge on any atom is 0.249 e. The molecule has 2 fully saturated rings. The van der Waals surface area contributed by atoms with Gasteiger partial charge in [-0.05, 0) is 32.1 Å². The van der Waals surface area contributed by atoms with Crippen LogP contribution in [-0.4, -0.2) is 58.1 Å². The summed E-state index contributed by atoms with van der Waals surface area (Å²) in [6.07, 6.45) is 7.21. The number of nitrogens with zero attached hydrogens (tertiary/aromatic N) is 4. The summed E-state index contributed by atoms with van der Waals surface area (Å²) >= 11 is 14.0. The lowest BCUT2D eigenvalue weighted by Gasteiger charge is -2.16. The highest BCUT2D eigenvalue weighted by molar-refractivity contribution is 6.39. The monoisotopic (exact) mass is 696 g/mol. The first-order valence-corrected chi connectivity index (χ1v) is 16.7. The Labute approximate surface area is 287 Å². The average molecular weight is 698 g/mol. The van der Waals surface area contributed by atoms with Crippen LogP contribution in [0, 0.1) is 0 Å². The smallest absolute Gasteiger partial charge is 0.249 e. The minimum absolute atomic E-state index is 0.111. The average Bonchev–Trinajstić information content (AvgIpc) is 3.67. The van der Waals surface area contributed by atoms with Crippen molar-refractivity contribution in [2.45, 2.75) is 75.9 Å². The molecule has 1 saturated carbocycles. The van der Waals surface area contributed by atoms with Crippen LogP contribution < -0.4 is 20.1 Å². The standard InChI is InChI=1S/C35H36Cl2F2N6O3/c1-47-33-26(11-3-6-20-12-13-30(46)43-20)41-17-27(44-33)24-9-4-7-22(31(24)36)23-8-5-10-25(32(23)37)28-18-42-29(34(45-28)48-2)19-40-21-14-15-35(38,39)16-21/h4-5,7-10,17-18,20-21,40H,3,6,11-16,19H2,1-2H3,(H,43,46)/t20-,21?/m1/s1. The van der Waals surface area contributed by atoms with Gasteiger partial charge < -0.3 is 20.1 Å². The van der Waals surface area contributed by atoms with Crippen LogP contribution in [0.2, 0.25) is 10.0 Å². The van der Waals surface area contributed by atoms with Gasteiger partial charge in [0, 0.05) is 60.1 Å². The molecule has 4 aromatic rings. The third kappa shape index (κ3) is 7.53. The van der Waals surface area contributed by atoms with Crippen molar-refractivity contribution in [3.8, 4) is 45.4 Å². The molecule has 3 heterocycles. The lowest BCUT2D eigenvalue weighted by atomic mass is 9.98. The van der Waals surface area contributed by atoms with Gasteiger partial charge in [-0.15, -0.1) is 0 Å². The molecule has 1 aliphatic heterocycles. The molecule has 2 aromatic carbocycles. The van der Waals surface area contributed by atoms with Gasteiger partial charge in [-0.2, -0.15) is 0 Å².